The number of aryl methyl sites for hydroxylation is 1. The van der Waals surface area contributed by atoms with E-state index in [1.54, 1.807) is 6.20 Å². The molecule has 0 fully saturated rings. The zero-order valence-corrected chi connectivity index (χ0v) is 9.62. The van der Waals surface area contributed by atoms with E-state index in [1.807, 2.05) is 19.9 Å². The van der Waals surface area contributed by atoms with Crippen LogP contribution in [-0.4, -0.2) is 26.3 Å². The van der Waals surface area contributed by atoms with Crippen LogP contribution in [0.25, 0.3) is 0 Å². The highest BCUT2D eigenvalue weighted by Gasteiger charge is 2.14. The summed E-state index contributed by atoms with van der Waals surface area (Å²) in [6.45, 7) is 3.86. The SMILES string of the molecule is CCC(CC(=O)O)Sc1nccc(C)n1. The number of carboxylic acid groups (broad SMARTS) is 1. The van der Waals surface area contributed by atoms with Gasteiger partial charge in [-0.15, -0.1) is 0 Å². The summed E-state index contributed by atoms with van der Waals surface area (Å²) < 4.78 is 0. The van der Waals surface area contributed by atoms with E-state index in [2.05, 4.69) is 9.97 Å². The third-order valence-corrected chi connectivity index (χ3v) is 3.14. The minimum atomic E-state index is -0.776. The average molecular weight is 226 g/mol. The van der Waals surface area contributed by atoms with Crippen LogP contribution < -0.4 is 0 Å². The predicted molar refractivity (Wildman–Crippen MR) is 59.0 cm³/mol. The Labute approximate surface area is 93.1 Å². The maximum Gasteiger partial charge on any atom is 0.304 e. The molecule has 1 rings (SSSR count). The van der Waals surface area contributed by atoms with E-state index in [1.165, 1.54) is 11.8 Å². The molecule has 1 aromatic heterocycles. The van der Waals surface area contributed by atoms with Gasteiger partial charge in [-0.05, 0) is 19.4 Å². The molecule has 4 nitrogen and oxygen atoms in total. The second kappa shape index (κ2) is 5.70. The molecule has 0 amide bonds. The molecule has 15 heavy (non-hydrogen) atoms. The zero-order valence-electron chi connectivity index (χ0n) is 8.80. The summed E-state index contributed by atoms with van der Waals surface area (Å²) in [6.07, 6.45) is 2.64. The zero-order chi connectivity index (χ0) is 11.3. The molecule has 0 aromatic carbocycles. The molecule has 0 spiro atoms. The predicted octanol–water partition coefficient (Wildman–Crippen LogP) is 2.13. The molecule has 1 N–H and O–H groups in total. The van der Waals surface area contributed by atoms with Gasteiger partial charge < -0.3 is 5.11 Å². The number of hydrogen-bond acceptors (Lipinski definition) is 4. The maximum absolute atomic E-state index is 10.6. The summed E-state index contributed by atoms with van der Waals surface area (Å²) in [7, 11) is 0. The van der Waals surface area contributed by atoms with Crippen molar-refractivity contribution in [2.75, 3.05) is 0 Å². The summed E-state index contributed by atoms with van der Waals surface area (Å²) in [6, 6.07) is 1.82. The van der Waals surface area contributed by atoms with Gasteiger partial charge in [0.1, 0.15) is 0 Å². The highest BCUT2D eigenvalue weighted by atomic mass is 32.2. The molecule has 1 heterocycles. The van der Waals surface area contributed by atoms with Crippen LogP contribution in [0.3, 0.4) is 0 Å². The molecule has 0 saturated carbocycles. The summed E-state index contributed by atoms with van der Waals surface area (Å²) >= 11 is 1.43. The fraction of sp³-hybridized carbons (Fsp3) is 0.500. The standard InChI is InChI=1S/C10H14N2O2S/c1-3-8(6-9(13)14)15-10-11-5-4-7(2)12-10/h4-5,8H,3,6H2,1-2H3,(H,13,14). The van der Waals surface area contributed by atoms with Gasteiger partial charge in [0.25, 0.3) is 0 Å². The van der Waals surface area contributed by atoms with Crippen molar-refractivity contribution in [1.29, 1.82) is 0 Å². The van der Waals surface area contributed by atoms with Crippen molar-refractivity contribution >= 4 is 17.7 Å². The van der Waals surface area contributed by atoms with Gasteiger partial charge in [0.2, 0.25) is 0 Å². The van der Waals surface area contributed by atoms with E-state index < -0.39 is 5.97 Å². The fourth-order valence-electron chi connectivity index (χ4n) is 1.10. The molecule has 1 atom stereocenters. The van der Waals surface area contributed by atoms with E-state index in [0.29, 0.717) is 5.16 Å². The first-order valence-electron chi connectivity index (χ1n) is 4.80. The molecule has 0 aliphatic heterocycles. The van der Waals surface area contributed by atoms with Crippen LogP contribution >= 0.6 is 11.8 Å². The number of thioether (sulfide) groups is 1. The minimum absolute atomic E-state index is 0.0456. The van der Waals surface area contributed by atoms with Gasteiger partial charge >= 0.3 is 5.97 Å². The van der Waals surface area contributed by atoms with E-state index in [9.17, 15) is 4.79 Å². The molecule has 0 bridgehead atoms. The Morgan fingerprint density at radius 2 is 2.40 bits per heavy atom. The normalized spacial score (nSPS) is 12.4. The Balaban J connectivity index is 2.62. The third-order valence-electron chi connectivity index (χ3n) is 1.90. The van der Waals surface area contributed by atoms with Crippen molar-refractivity contribution in [2.45, 2.75) is 37.1 Å². The Morgan fingerprint density at radius 1 is 1.67 bits per heavy atom. The number of carboxylic acids is 1. The highest BCUT2D eigenvalue weighted by molar-refractivity contribution is 7.99. The molecular formula is C10H14N2O2S. The van der Waals surface area contributed by atoms with E-state index >= 15 is 0 Å². The number of hydrogen-bond donors (Lipinski definition) is 1. The van der Waals surface area contributed by atoms with Gasteiger partial charge in [-0.2, -0.15) is 0 Å². The Bertz CT molecular complexity index is 344. The fourth-order valence-corrected chi connectivity index (χ4v) is 2.10. The molecule has 0 saturated heterocycles. The summed E-state index contributed by atoms with van der Waals surface area (Å²) in [5.41, 5.74) is 0.901. The largest absolute Gasteiger partial charge is 0.481 e. The molecule has 1 unspecified atom stereocenters. The van der Waals surface area contributed by atoms with Crippen molar-refractivity contribution in [3.05, 3.63) is 18.0 Å². The summed E-state index contributed by atoms with van der Waals surface area (Å²) in [5.74, 6) is -0.776. The number of aromatic nitrogens is 2. The van der Waals surface area contributed by atoms with E-state index in [0.717, 1.165) is 12.1 Å². The molecule has 82 valence electrons. The van der Waals surface area contributed by atoms with Crippen LogP contribution in [0, 0.1) is 6.92 Å². The first kappa shape index (κ1) is 12.0. The Hall–Kier alpha value is -1.10. The first-order chi connectivity index (χ1) is 7.11. The van der Waals surface area contributed by atoms with Crippen molar-refractivity contribution < 1.29 is 9.90 Å². The lowest BCUT2D eigenvalue weighted by atomic mass is 10.2. The van der Waals surface area contributed by atoms with Gasteiger partial charge in [-0.1, -0.05) is 18.7 Å². The molecular weight excluding hydrogens is 212 g/mol. The van der Waals surface area contributed by atoms with Crippen molar-refractivity contribution in [2.24, 2.45) is 0 Å². The van der Waals surface area contributed by atoms with Crippen molar-refractivity contribution in [3.63, 3.8) is 0 Å². The second-order valence-electron chi connectivity index (χ2n) is 3.23. The second-order valence-corrected chi connectivity index (χ2v) is 4.49. The Morgan fingerprint density at radius 3 is 2.93 bits per heavy atom. The molecule has 0 radical (unpaired) electrons. The maximum atomic E-state index is 10.6. The number of aliphatic carboxylic acids is 1. The minimum Gasteiger partial charge on any atom is -0.481 e. The lowest BCUT2D eigenvalue weighted by Gasteiger charge is -2.10. The highest BCUT2D eigenvalue weighted by Crippen LogP contribution is 2.24. The lowest BCUT2D eigenvalue weighted by Crippen LogP contribution is -2.09. The number of nitrogens with zero attached hydrogens (tertiary/aromatic N) is 2. The van der Waals surface area contributed by atoms with Crippen LogP contribution in [0.1, 0.15) is 25.5 Å². The lowest BCUT2D eigenvalue weighted by molar-refractivity contribution is -0.136. The van der Waals surface area contributed by atoms with Gasteiger partial charge in [-0.3, -0.25) is 4.79 Å². The number of carbonyl (C=O) groups is 1. The topological polar surface area (TPSA) is 63.1 Å². The summed E-state index contributed by atoms with van der Waals surface area (Å²) in [5, 5.41) is 9.39. The van der Waals surface area contributed by atoms with Crippen LogP contribution in [-0.2, 0) is 4.79 Å². The molecule has 1 aromatic rings. The third kappa shape index (κ3) is 4.29. The van der Waals surface area contributed by atoms with Crippen molar-refractivity contribution in [1.82, 2.24) is 9.97 Å². The van der Waals surface area contributed by atoms with Crippen LogP contribution in [0.2, 0.25) is 0 Å². The van der Waals surface area contributed by atoms with Crippen molar-refractivity contribution in [3.8, 4) is 0 Å². The smallest absolute Gasteiger partial charge is 0.304 e. The van der Waals surface area contributed by atoms with Crippen LogP contribution in [0.15, 0.2) is 17.4 Å². The van der Waals surface area contributed by atoms with Crippen LogP contribution in [0.4, 0.5) is 0 Å². The monoisotopic (exact) mass is 226 g/mol. The van der Waals surface area contributed by atoms with Gasteiger partial charge in [0.15, 0.2) is 5.16 Å². The summed E-state index contributed by atoms with van der Waals surface area (Å²) in [4.78, 5) is 18.9. The van der Waals surface area contributed by atoms with Gasteiger partial charge in [-0.25, -0.2) is 9.97 Å². The quantitative estimate of drug-likeness (QED) is 0.615. The Kier molecular flexibility index (Phi) is 4.55. The van der Waals surface area contributed by atoms with Gasteiger partial charge in [0, 0.05) is 17.1 Å². The average Bonchev–Trinajstić information content (AvgIpc) is 2.16. The number of rotatable bonds is 5. The first-order valence-corrected chi connectivity index (χ1v) is 5.68. The van der Waals surface area contributed by atoms with Crippen LogP contribution in [0.5, 0.6) is 0 Å². The molecule has 0 aliphatic rings. The van der Waals surface area contributed by atoms with E-state index in [4.69, 9.17) is 5.11 Å². The molecule has 5 heteroatoms. The van der Waals surface area contributed by atoms with E-state index in [-0.39, 0.29) is 11.7 Å². The van der Waals surface area contributed by atoms with Gasteiger partial charge in [0.05, 0.1) is 6.42 Å². The molecule has 0 aliphatic carbocycles.